The lowest BCUT2D eigenvalue weighted by Crippen LogP contribution is -2.29. The van der Waals surface area contributed by atoms with E-state index in [2.05, 4.69) is 5.32 Å². The highest BCUT2D eigenvalue weighted by atomic mass is 32.1. The van der Waals surface area contributed by atoms with Crippen LogP contribution < -0.4 is 5.32 Å². The monoisotopic (exact) mass is 253 g/mol. The molecule has 1 aromatic rings. The van der Waals surface area contributed by atoms with Gasteiger partial charge < -0.3 is 10.4 Å². The minimum Gasteiger partial charge on any atom is -0.392 e. The zero-order valence-electron chi connectivity index (χ0n) is 10.2. The summed E-state index contributed by atoms with van der Waals surface area (Å²) >= 11 is 1.61. The number of rotatable bonds is 3. The SMILES string of the molecule is C[C@H](O)CNC(=O)c1cc2c(s1)CCCCC2. The summed E-state index contributed by atoms with van der Waals surface area (Å²) in [5.41, 5.74) is 1.36. The summed E-state index contributed by atoms with van der Waals surface area (Å²) in [5.74, 6) is -0.0519. The fourth-order valence-corrected chi connectivity index (χ4v) is 3.28. The van der Waals surface area contributed by atoms with E-state index in [1.54, 1.807) is 18.3 Å². The Hall–Kier alpha value is -0.870. The molecule has 0 unspecified atom stereocenters. The molecule has 1 aliphatic carbocycles. The number of aliphatic hydroxyl groups is 1. The van der Waals surface area contributed by atoms with Gasteiger partial charge in [-0.1, -0.05) is 6.42 Å². The van der Waals surface area contributed by atoms with Crippen molar-refractivity contribution in [2.45, 2.75) is 45.1 Å². The number of aliphatic hydroxyl groups excluding tert-OH is 1. The van der Waals surface area contributed by atoms with Crippen molar-refractivity contribution in [1.29, 1.82) is 0 Å². The molecule has 1 atom stereocenters. The van der Waals surface area contributed by atoms with Crippen LogP contribution >= 0.6 is 11.3 Å². The first-order chi connectivity index (χ1) is 8.16. The Morgan fingerprint density at radius 1 is 1.47 bits per heavy atom. The lowest BCUT2D eigenvalue weighted by molar-refractivity contribution is 0.0928. The highest BCUT2D eigenvalue weighted by Gasteiger charge is 2.16. The van der Waals surface area contributed by atoms with Crippen LogP contribution in [0.2, 0.25) is 0 Å². The average molecular weight is 253 g/mol. The zero-order chi connectivity index (χ0) is 12.3. The summed E-state index contributed by atoms with van der Waals surface area (Å²) < 4.78 is 0. The molecule has 1 aromatic heterocycles. The third-order valence-corrected chi connectivity index (χ3v) is 4.26. The van der Waals surface area contributed by atoms with Gasteiger partial charge >= 0.3 is 0 Å². The molecular formula is C13H19NO2S. The number of nitrogens with one attached hydrogen (secondary N) is 1. The third-order valence-electron chi connectivity index (χ3n) is 3.03. The molecule has 0 fully saturated rings. The van der Waals surface area contributed by atoms with Gasteiger partial charge in [0.1, 0.15) is 0 Å². The van der Waals surface area contributed by atoms with Crippen molar-refractivity contribution in [2.75, 3.05) is 6.54 Å². The number of aryl methyl sites for hydroxylation is 2. The third kappa shape index (κ3) is 3.30. The number of hydrogen-bond acceptors (Lipinski definition) is 3. The van der Waals surface area contributed by atoms with Crippen LogP contribution in [-0.4, -0.2) is 23.7 Å². The second-order valence-electron chi connectivity index (χ2n) is 4.68. The van der Waals surface area contributed by atoms with Gasteiger partial charge in [-0.25, -0.2) is 0 Å². The lowest BCUT2D eigenvalue weighted by atomic mass is 10.1. The largest absolute Gasteiger partial charge is 0.392 e. The number of hydrogen-bond donors (Lipinski definition) is 2. The van der Waals surface area contributed by atoms with Crippen LogP contribution in [0.3, 0.4) is 0 Å². The maximum absolute atomic E-state index is 11.8. The van der Waals surface area contributed by atoms with Gasteiger partial charge in [-0.2, -0.15) is 0 Å². The van der Waals surface area contributed by atoms with Crippen molar-refractivity contribution in [3.63, 3.8) is 0 Å². The second-order valence-corrected chi connectivity index (χ2v) is 5.82. The Balaban J connectivity index is 2.04. The molecule has 94 valence electrons. The molecule has 2 N–H and O–H groups in total. The molecule has 0 radical (unpaired) electrons. The number of thiophene rings is 1. The van der Waals surface area contributed by atoms with E-state index in [1.807, 2.05) is 6.07 Å². The lowest BCUT2D eigenvalue weighted by Gasteiger charge is -2.05. The summed E-state index contributed by atoms with van der Waals surface area (Å²) in [4.78, 5) is 14.0. The van der Waals surface area contributed by atoms with Crippen molar-refractivity contribution in [3.8, 4) is 0 Å². The van der Waals surface area contributed by atoms with Crippen LogP contribution in [0.5, 0.6) is 0 Å². The van der Waals surface area contributed by atoms with Crippen LogP contribution in [0.25, 0.3) is 0 Å². The zero-order valence-corrected chi connectivity index (χ0v) is 11.0. The summed E-state index contributed by atoms with van der Waals surface area (Å²) in [6.45, 7) is 1.99. The average Bonchev–Trinajstić information content (AvgIpc) is 2.58. The van der Waals surface area contributed by atoms with Crippen LogP contribution in [0.15, 0.2) is 6.07 Å². The topological polar surface area (TPSA) is 49.3 Å². The Bertz CT molecular complexity index is 375. The van der Waals surface area contributed by atoms with E-state index in [0.29, 0.717) is 6.54 Å². The number of fused-ring (bicyclic) bond motifs is 1. The molecule has 0 saturated heterocycles. The first-order valence-electron chi connectivity index (χ1n) is 6.24. The highest BCUT2D eigenvalue weighted by Crippen LogP contribution is 2.28. The Kier molecular flexibility index (Phi) is 4.18. The van der Waals surface area contributed by atoms with Gasteiger partial charge in [0, 0.05) is 11.4 Å². The van der Waals surface area contributed by atoms with E-state index in [4.69, 9.17) is 5.11 Å². The van der Waals surface area contributed by atoms with Gasteiger partial charge in [0.25, 0.3) is 5.91 Å². The van der Waals surface area contributed by atoms with Gasteiger partial charge in [-0.05, 0) is 44.2 Å². The molecule has 4 heteroatoms. The van der Waals surface area contributed by atoms with Crippen molar-refractivity contribution in [2.24, 2.45) is 0 Å². The molecule has 1 heterocycles. The highest BCUT2D eigenvalue weighted by molar-refractivity contribution is 7.14. The van der Waals surface area contributed by atoms with Gasteiger partial charge in [-0.3, -0.25) is 4.79 Å². The predicted molar refractivity (Wildman–Crippen MR) is 69.6 cm³/mol. The molecule has 1 aliphatic rings. The smallest absolute Gasteiger partial charge is 0.261 e. The van der Waals surface area contributed by atoms with Gasteiger partial charge in [-0.15, -0.1) is 11.3 Å². The quantitative estimate of drug-likeness (QED) is 0.811. The normalized spacial score (nSPS) is 17.1. The summed E-state index contributed by atoms with van der Waals surface area (Å²) in [5, 5.41) is 11.9. The van der Waals surface area contributed by atoms with Crippen LogP contribution in [0.1, 0.15) is 46.3 Å². The van der Waals surface area contributed by atoms with Gasteiger partial charge in [0.05, 0.1) is 11.0 Å². The van der Waals surface area contributed by atoms with Crippen molar-refractivity contribution >= 4 is 17.2 Å². The van der Waals surface area contributed by atoms with E-state index in [9.17, 15) is 4.79 Å². The molecule has 1 amide bonds. The minimum absolute atomic E-state index is 0.0519. The summed E-state index contributed by atoms with van der Waals surface area (Å²) in [7, 11) is 0. The number of amides is 1. The molecule has 3 nitrogen and oxygen atoms in total. The van der Waals surface area contributed by atoms with E-state index in [1.165, 1.54) is 29.7 Å². The first kappa shape index (κ1) is 12.6. The maximum Gasteiger partial charge on any atom is 0.261 e. The number of carbonyl (C=O) groups is 1. The molecule has 17 heavy (non-hydrogen) atoms. The van der Waals surface area contributed by atoms with Crippen molar-refractivity contribution < 1.29 is 9.90 Å². The molecule has 0 bridgehead atoms. The van der Waals surface area contributed by atoms with E-state index in [0.717, 1.165) is 17.7 Å². The van der Waals surface area contributed by atoms with Crippen molar-refractivity contribution in [3.05, 3.63) is 21.4 Å². The van der Waals surface area contributed by atoms with E-state index >= 15 is 0 Å². The fraction of sp³-hybridized carbons (Fsp3) is 0.615. The Labute approximate surface area is 106 Å². The number of carbonyl (C=O) groups excluding carboxylic acids is 1. The van der Waals surface area contributed by atoms with E-state index in [-0.39, 0.29) is 5.91 Å². The Morgan fingerprint density at radius 2 is 2.24 bits per heavy atom. The van der Waals surface area contributed by atoms with Crippen molar-refractivity contribution in [1.82, 2.24) is 5.32 Å². The van der Waals surface area contributed by atoms with E-state index < -0.39 is 6.10 Å². The Morgan fingerprint density at radius 3 is 3.00 bits per heavy atom. The van der Waals surface area contributed by atoms with Crippen LogP contribution in [0.4, 0.5) is 0 Å². The van der Waals surface area contributed by atoms with Gasteiger partial charge in [0.15, 0.2) is 0 Å². The fourth-order valence-electron chi connectivity index (χ4n) is 2.11. The standard InChI is InChI=1S/C13H19NO2S/c1-9(15)8-14-13(16)12-7-10-5-3-2-4-6-11(10)17-12/h7,9,15H,2-6,8H2,1H3,(H,14,16)/t9-/m0/s1. The first-order valence-corrected chi connectivity index (χ1v) is 7.06. The van der Waals surface area contributed by atoms with Crippen LogP contribution in [0, 0.1) is 0 Å². The minimum atomic E-state index is -0.489. The van der Waals surface area contributed by atoms with Gasteiger partial charge in [0.2, 0.25) is 0 Å². The summed E-state index contributed by atoms with van der Waals surface area (Å²) in [6, 6.07) is 2.03. The summed E-state index contributed by atoms with van der Waals surface area (Å²) in [6.07, 6.45) is 5.50. The second kappa shape index (κ2) is 5.65. The molecular weight excluding hydrogens is 234 g/mol. The molecule has 0 aromatic carbocycles. The molecule has 0 saturated carbocycles. The maximum atomic E-state index is 11.8. The molecule has 2 rings (SSSR count). The predicted octanol–water partition coefficient (Wildman–Crippen LogP) is 2.13. The molecule has 0 spiro atoms. The van der Waals surface area contributed by atoms with Crippen LogP contribution in [-0.2, 0) is 12.8 Å². The molecule has 0 aliphatic heterocycles.